The zero-order valence-corrected chi connectivity index (χ0v) is 9.30. The van der Waals surface area contributed by atoms with E-state index in [1.54, 1.807) is 0 Å². The van der Waals surface area contributed by atoms with Gasteiger partial charge in [-0.25, -0.2) is 0 Å². The van der Waals surface area contributed by atoms with Gasteiger partial charge in [0.1, 0.15) is 0 Å². The van der Waals surface area contributed by atoms with Crippen molar-refractivity contribution in [2.45, 2.75) is 45.1 Å². The summed E-state index contributed by atoms with van der Waals surface area (Å²) in [7, 11) is 0. The molecule has 2 nitrogen and oxygen atoms in total. The average Bonchev–Trinajstić information content (AvgIpc) is 2.23. The van der Waals surface area contributed by atoms with Crippen molar-refractivity contribution < 1.29 is 4.74 Å². The molecule has 1 N–H and O–H groups in total. The monoisotopic (exact) mass is 197 g/mol. The molecule has 0 bridgehead atoms. The number of ether oxygens (including phenoxy) is 1. The van der Waals surface area contributed by atoms with Crippen LogP contribution in [0.1, 0.15) is 39.0 Å². The highest BCUT2D eigenvalue weighted by atomic mass is 16.5. The Labute approximate surface area is 87.4 Å². The first-order chi connectivity index (χ1) is 6.84. The van der Waals surface area contributed by atoms with Crippen LogP contribution in [0.4, 0.5) is 0 Å². The predicted octanol–water partition coefficient (Wildman–Crippen LogP) is 2.19. The summed E-state index contributed by atoms with van der Waals surface area (Å²) in [5, 5.41) is 3.58. The lowest BCUT2D eigenvalue weighted by molar-refractivity contribution is 0.0427. The second-order valence-electron chi connectivity index (χ2n) is 5.07. The van der Waals surface area contributed by atoms with E-state index in [-0.39, 0.29) is 0 Å². The van der Waals surface area contributed by atoms with Gasteiger partial charge < -0.3 is 10.1 Å². The van der Waals surface area contributed by atoms with Gasteiger partial charge in [0.2, 0.25) is 0 Å². The lowest BCUT2D eigenvalue weighted by atomic mass is 9.85. The molecule has 0 aromatic carbocycles. The van der Waals surface area contributed by atoms with E-state index in [0.29, 0.717) is 0 Å². The molecule has 2 rings (SSSR count). The van der Waals surface area contributed by atoms with Crippen LogP contribution >= 0.6 is 0 Å². The van der Waals surface area contributed by atoms with Gasteiger partial charge in [0.25, 0.3) is 0 Å². The summed E-state index contributed by atoms with van der Waals surface area (Å²) in [5.74, 6) is 1.77. The molecule has 0 amide bonds. The van der Waals surface area contributed by atoms with Crippen LogP contribution in [-0.4, -0.2) is 25.8 Å². The Kier molecular flexibility index (Phi) is 3.82. The summed E-state index contributed by atoms with van der Waals surface area (Å²) < 4.78 is 5.52. The third kappa shape index (κ3) is 2.96. The summed E-state index contributed by atoms with van der Waals surface area (Å²) in [6.07, 6.45) is 6.84. The number of hydrogen-bond donors (Lipinski definition) is 1. The van der Waals surface area contributed by atoms with E-state index in [9.17, 15) is 0 Å². The first-order valence-corrected chi connectivity index (χ1v) is 6.15. The summed E-state index contributed by atoms with van der Waals surface area (Å²) in [6, 6.07) is 0.744. The van der Waals surface area contributed by atoms with Gasteiger partial charge in [-0.1, -0.05) is 0 Å². The molecule has 0 aromatic rings. The lowest BCUT2D eigenvalue weighted by Crippen LogP contribution is -2.38. The minimum Gasteiger partial charge on any atom is -0.381 e. The van der Waals surface area contributed by atoms with E-state index in [2.05, 4.69) is 12.2 Å². The van der Waals surface area contributed by atoms with E-state index in [4.69, 9.17) is 4.74 Å². The smallest absolute Gasteiger partial charge is 0.0494 e. The van der Waals surface area contributed by atoms with Crippen molar-refractivity contribution in [1.29, 1.82) is 0 Å². The molecule has 2 aliphatic rings. The fraction of sp³-hybridized carbons (Fsp3) is 1.00. The quantitative estimate of drug-likeness (QED) is 0.732. The topological polar surface area (TPSA) is 21.3 Å². The predicted molar refractivity (Wildman–Crippen MR) is 58.3 cm³/mol. The van der Waals surface area contributed by atoms with Crippen LogP contribution in [0.3, 0.4) is 0 Å². The Morgan fingerprint density at radius 1 is 1.21 bits per heavy atom. The minimum atomic E-state index is 0.744. The average molecular weight is 197 g/mol. The number of piperidine rings is 1. The third-order valence-electron chi connectivity index (χ3n) is 3.68. The molecule has 14 heavy (non-hydrogen) atoms. The summed E-state index contributed by atoms with van der Waals surface area (Å²) in [6.45, 7) is 5.54. The normalized spacial score (nSPS) is 39.6. The first kappa shape index (κ1) is 10.4. The van der Waals surface area contributed by atoms with E-state index in [0.717, 1.165) is 31.1 Å². The van der Waals surface area contributed by atoms with E-state index >= 15 is 0 Å². The van der Waals surface area contributed by atoms with Crippen molar-refractivity contribution >= 4 is 0 Å². The van der Waals surface area contributed by atoms with Crippen LogP contribution in [-0.2, 0) is 4.74 Å². The molecule has 2 saturated heterocycles. The van der Waals surface area contributed by atoms with E-state index < -0.39 is 0 Å². The number of nitrogens with one attached hydrogen (secondary N) is 1. The lowest BCUT2D eigenvalue weighted by Gasteiger charge is -2.31. The molecule has 3 unspecified atom stereocenters. The van der Waals surface area contributed by atoms with Crippen molar-refractivity contribution in [1.82, 2.24) is 5.32 Å². The second-order valence-corrected chi connectivity index (χ2v) is 5.07. The Morgan fingerprint density at radius 2 is 2.14 bits per heavy atom. The largest absolute Gasteiger partial charge is 0.381 e. The van der Waals surface area contributed by atoms with Crippen LogP contribution in [0, 0.1) is 11.8 Å². The number of hydrogen-bond acceptors (Lipinski definition) is 2. The maximum absolute atomic E-state index is 5.52. The Morgan fingerprint density at radius 3 is 2.79 bits per heavy atom. The Balaban J connectivity index is 1.68. The highest BCUT2D eigenvalue weighted by Gasteiger charge is 2.22. The third-order valence-corrected chi connectivity index (χ3v) is 3.68. The van der Waals surface area contributed by atoms with Crippen LogP contribution < -0.4 is 5.32 Å². The molecule has 0 radical (unpaired) electrons. The van der Waals surface area contributed by atoms with Gasteiger partial charge >= 0.3 is 0 Å². The van der Waals surface area contributed by atoms with Crippen molar-refractivity contribution in [2.24, 2.45) is 11.8 Å². The molecule has 2 heteroatoms. The molecule has 3 atom stereocenters. The highest BCUT2D eigenvalue weighted by molar-refractivity contribution is 4.77. The zero-order valence-electron chi connectivity index (χ0n) is 9.30. The molecular formula is C12H23NO. The zero-order chi connectivity index (χ0) is 9.80. The van der Waals surface area contributed by atoms with E-state index in [1.165, 1.54) is 38.6 Å². The van der Waals surface area contributed by atoms with Crippen LogP contribution in [0.2, 0.25) is 0 Å². The standard InChI is InChI=1S/C12H23NO/c1-10-4-5-11(8-13-10)7-12-3-2-6-14-9-12/h10-13H,2-9H2,1H3. The molecule has 0 spiro atoms. The number of rotatable bonds is 2. The first-order valence-electron chi connectivity index (χ1n) is 6.15. The second kappa shape index (κ2) is 5.13. The van der Waals surface area contributed by atoms with Gasteiger partial charge in [-0.2, -0.15) is 0 Å². The van der Waals surface area contributed by atoms with Crippen molar-refractivity contribution in [3.8, 4) is 0 Å². The van der Waals surface area contributed by atoms with Crippen LogP contribution in [0.5, 0.6) is 0 Å². The summed E-state index contributed by atoms with van der Waals surface area (Å²) in [5.41, 5.74) is 0. The maximum atomic E-state index is 5.52. The van der Waals surface area contributed by atoms with Gasteiger partial charge in [-0.05, 0) is 57.4 Å². The van der Waals surface area contributed by atoms with Crippen LogP contribution in [0.15, 0.2) is 0 Å². The Hall–Kier alpha value is -0.0800. The SMILES string of the molecule is CC1CCC(CC2CCCOC2)CN1. The fourth-order valence-corrected chi connectivity index (χ4v) is 2.72. The van der Waals surface area contributed by atoms with Crippen molar-refractivity contribution in [3.63, 3.8) is 0 Å². The molecule has 82 valence electrons. The molecular weight excluding hydrogens is 174 g/mol. The Bertz CT molecular complexity index is 158. The molecule has 0 aromatic heterocycles. The maximum Gasteiger partial charge on any atom is 0.0494 e. The molecule has 2 fully saturated rings. The van der Waals surface area contributed by atoms with Gasteiger partial charge in [0, 0.05) is 19.3 Å². The van der Waals surface area contributed by atoms with E-state index in [1.807, 2.05) is 0 Å². The van der Waals surface area contributed by atoms with Gasteiger partial charge in [0.05, 0.1) is 0 Å². The summed E-state index contributed by atoms with van der Waals surface area (Å²) in [4.78, 5) is 0. The van der Waals surface area contributed by atoms with Crippen LogP contribution in [0.25, 0.3) is 0 Å². The van der Waals surface area contributed by atoms with Gasteiger partial charge in [0.15, 0.2) is 0 Å². The van der Waals surface area contributed by atoms with Gasteiger partial charge in [-0.3, -0.25) is 0 Å². The molecule has 2 aliphatic heterocycles. The molecule has 0 saturated carbocycles. The molecule has 2 heterocycles. The fourth-order valence-electron chi connectivity index (χ4n) is 2.72. The van der Waals surface area contributed by atoms with Gasteiger partial charge in [-0.15, -0.1) is 0 Å². The van der Waals surface area contributed by atoms with Crippen molar-refractivity contribution in [3.05, 3.63) is 0 Å². The summed E-state index contributed by atoms with van der Waals surface area (Å²) >= 11 is 0. The molecule has 0 aliphatic carbocycles. The highest BCUT2D eigenvalue weighted by Crippen LogP contribution is 2.26. The van der Waals surface area contributed by atoms with Crippen molar-refractivity contribution in [2.75, 3.05) is 19.8 Å². The minimum absolute atomic E-state index is 0.744.